The van der Waals surface area contributed by atoms with Crippen molar-refractivity contribution >= 4 is 12.2 Å². The zero-order valence-corrected chi connectivity index (χ0v) is 14.4. The first-order valence-electron chi connectivity index (χ1n) is 8.49. The van der Waals surface area contributed by atoms with Crippen LogP contribution < -0.4 is 0 Å². The molecule has 1 atom stereocenters. The first kappa shape index (κ1) is 18.0. The molecule has 3 heteroatoms. The minimum absolute atomic E-state index is 0.242. The molecule has 0 nitrogen and oxygen atoms in total. The van der Waals surface area contributed by atoms with Gasteiger partial charge in [-0.3, -0.25) is 0 Å². The summed E-state index contributed by atoms with van der Waals surface area (Å²) < 4.78 is 40.2. The number of rotatable bonds is 5. The highest BCUT2D eigenvalue weighted by molar-refractivity contribution is 5.70. The van der Waals surface area contributed by atoms with Crippen molar-refractivity contribution in [1.82, 2.24) is 0 Å². The van der Waals surface area contributed by atoms with Crippen LogP contribution in [-0.2, 0) is 6.42 Å². The molecule has 26 heavy (non-hydrogen) atoms. The van der Waals surface area contributed by atoms with Crippen molar-refractivity contribution in [2.75, 3.05) is 0 Å². The second kappa shape index (κ2) is 8.05. The lowest BCUT2D eigenvalue weighted by Gasteiger charge is -2.12. The molecule has 0 spiro atoms. The molecule has 0 heterocycles. The number of hydrogen-bond donors (Lipinski definition) is 0. The molecule has 3 rings (SSSR count). The maximum Gasteiger partial charge on any atom is 0.136 e. The first-order chi connectivity index (χ1) is 12.5. The largest absolute Gasteiger partial charge is 0.207 e. The second-order valence-electron chi connectivity index (χ2n) is 6.37. The molecular formula is C23H19F3. The van der Waals surface area contributed by atoms with Gasteiger partial charge in [-0.25, -0.2) is 13.2 Å². The summed E-state index contributed by atoms with van der Waals surface area (Å²) in [5.41, 5.74) is 3.06. The fourth-order valence-electron chi connectivity index (χ4n) is 2.91. The van der Waals surface area contributed by atoms with Gasteiger partial charge in [0, 0.05) is 17.7 Å². The van der Waals surface area contributed by atoms with Gasteiger partial charge in [0.1, 0.15) is 17.5 Å². The molecule has 0 fully saturated rings. The Morgan fingerprint density at radius 3 is 2.04 bits per heavy atom. The maximum atomic E-state index is 13.7. The van der Waals surface area contributed by atoms with Gasteiger partial charge >= 0.3 is 0 Å². The van der Waals surface area contributed by atoms with Crippen molar-refractivity contribution in [3.05, 3.63) is 106 Å². The van der Waals surface area contributed by atoms with E-state index in [1.807, 2.05) is 42.5 Å². The predicted molar refractivity (Wildman–Crippen MR) is 100 cm³/mol. The highest BCUT2D eigenvalue weighted by atomic mass is 19.1. The van der Waals surface area contributed by atoms with Crippen molar-refractivity contribution in [2.45, 2.75) is 19.3 Å². The normalized spacial score (nSPS) is 12.5. The van der Waals surface area contributed by atoms with Crippen LogP contribution in [0.15, 0.2) is 66.7 Å². The van der Waals surface area contributed by atoms with Crippen molar-refractivity contribution < 1.29 is 13.2 Å². The quantitative estimate of drug-likeness (QED) is 0.453. The van der Waals surface area contributed by atoms with Crippen LogP contribution in [0.4, 0.5) is 13.2 Å². The third kappa shape index (κ3) is 4.42. The third-order valence-electron chi connectivity index (χ3n) is 4.38. The average Bonchev–Trinajstić information content (AvgIpc) is 2.63. The van der Waals surface area contributed by atoms with Crippen LogP contribution in [0.3, 0.4) is 0 Å². The molecule has 1 unspecified atom stereocenters. The molecule has 3 aromatic carbocycles. The van der Waals surface area contributed by atoms with Gasteiger partial charge in [-0.05, 0) is 35.1 Å². The van der Waals surface area contributed by atoms with Crippen LogP contribution in [0.2, 0.25) is 0 Å². The van der Waals surface area contributed by atoms with E-state index in [0.717, 1.165) is 12.0 Å². The Kier molecular flexibility index (Phi) is 5.57. The van der Waals surface area contributed by atoms with Crippen LogP contribution in [0, 0.1) is 17.5 Å². The molecule has 0 aliphatic rings. The zero-order valence-electron chi connectivity index (χ0n) is 14.4. The van der Waals surface area contributed by atoms with E-state index in [0.29, 0.717) is 18.1 Å². The predicted octanol–water partition coefficient (Wildman–Crippen LogP) is 6.62. The second-order valence-corrected chi connectivity index (χ2v) is 6.37. The molecule has 0 aromatic heterocycles. The van der Waals surface area contributed by atoms with E-state index in [1.165, 1.54) is 17.2 Å². The van der Waals surface area contributed by atoms with Crippen molar-refractivity contribution in [3.8, 4) is 0 Å². The van der Waals surface area contributed by atoms with Gasteiger partial charge in [0.25, 0.3) is 0 Å². The molecule has 3 aromatic rings. The summed E-state index contributed by atoms with van der Waals surface area (Å²) in [6, 6.07) is 19.5. The molecule has 0 aliphatic heterocycles. The summed E-state index contributed by atoms with van der Waals surface area (Å²) in [6.07, 6.45) is 3.85. The Morgan fingerprint density at radius 1 is 0.808 bits per heavy atom. The van der Waals surface area contributed by atoms with Gasteiger partial charge in [-0.1, -0.05) is 67.6 Å². The van der Waals surface area contributed by atoms with E-state index < -0.39 is 17.5 Å². The minimum Gasteiger partial charge on any atom is -0.207 e. The average molecular weight is 352 g/mol. The van der Waals surface area contributed by atoms with Crippen molar-refractivity contribution in [1.29, 1.82) is 0 Å². The summed E-state index contributed by atoms with van der Waals surface area (Å²) in [5.74, 6) is -2.34. The molecule has 0 aliphatic carbocycles. The van der Waals surface area contributed by atoms with Gasteiger partial charge in [0.05, 0.1) is 0 Å². The Balaban J connectivity index is 1.70. The summed E-state index contributed by atoms with van der Waals surface area (Å²) in [5, 5.41) is 0. The Morgan fingerprint density at radius 2 is 1.42 bits per heavy atom. The molecule has 0 bridgehead atoms. The van der Waals surface area contributed by atoms with E-state index in [-0.39, 0.29) is 5.56 Å². The third-order valence-corrected chi connectivity index (χ3v) is 4.38. The molecule has 0 radical (unpaired) electrons. The Hall–Kier alpha value is -2.81. The van der Waals surface area contributed by atoms with E-state index >= 15 is 0 Å². The molecule has 0 N–H and O–H groups in total. The molecular weight excluding hydrogens is 333 g/mol. The first-order valence-corrected chi connectivity index (χ1v) is 8.49. The molecule has 0 saturated heterocycles. The fraction of sp³-hybridized carbons (Fsp3) is 0.130. The van der Waals surface area contributed by atoms with E-state index in [1.54, 1.807) is 6.08 Å². The Bertz CT molecular complexity index is 873. The topological polar surface area (TPSA) is 0 Å². The highest BCUT2D eigenvalue weighted by Crippen LogP contribution is 2.21. The number of halogens is 3. The SMILES string of the molecule is CC(Cc1ccc(/C=C/c2c(F)cc(F)cc2F)cc1)c1ccccc1. The van der Waals surface area contributed by atoms with Gasteiger partial charge in [-0.2, -0.15) is 0 Å². The lowest BCUT2D eigenvalue weighted by atomic mass is 9.93. The van der Waals surface area contributed by atoms with E-state index in [4.69, 9.17) is 0 Å². The van der Waals surface area contributed by atoms with E-state index in [2.05, 4.69) is 19.1 Å². The van der Waals surface area contributed by atoms with Crippen LogP contribution in [0.25, 0.3) is 12.2 Å². The van der Waals surface area contributed by atoms with E-state index in [9.17, 15) is 13.2 Å². The summed E-state index contributed by atoms with van der Waals surface area (Å²) >= 11 is 0. The summed E-state index contributed by atoms with van der Waals surface area (Å²) in [7, 11) is 0. The lowest BCUT2D eigenvalue weighted by Crippen LogP contribution is -1.98. The molecule has 0 saturated carbocycles. The number of benzene rings is 3. The van der Waals surface area contributed by atoms with Gasteiger partial charge in [0.15, 0.2) is 0 Å². The maximum absolute atomic E-state index is 13.7. The summed E-state index contributed by atoms with van der Waals surface area (Å²) in [6.45, 7) is 2.18. The highest BCUT2D eigenvalue weighted by Gasteiger charge is 2.09. The van der Waals surface area contributed by atoms with Crippen LogP contribution in [0.1, 0.15) is 35.1 Å². The fourth-order valence-corrected chi connectivity index (χ4v) is 2.91. The lowest BCUT2D eigenvalue weighted by molar-refractivity contribution is 0.540. The molecule has 0 amide bonds. The van der Waals surface area contributed by atoms with Crippen molar-refractivity contribution in [3.63, 3.8) is 0 Å². The van der Waals surface area contributed by atoms with Crippen molar-refractivity contribution in [2.24, 2.45) is 0 Å². The van der Waals surface area contributed by atoms with Gasteiger partial charge in [-0.15, -0.1) is 0 Å². The van der Waals surface area contributed by atoms with Gasteiger partial charge in [0.2, 0.25) is 0 Å². The Labute approximate surface area is 151 Å². The smallest absolute Gasteiger partial charge is 0.136 e. The number of hydrogen-bond acceptors (Lipinski definition) is 0. The summed E-state index contributed by atoms with van der Waals surface area (Å²) in [4.78, 5) is 0. The zero-order chi connectivity index (χ0) is 18.5. The minimum atomic E-state index is -0.922. The monoisotopic (exact) mass is 352 g/mol. The van der Waals surface area contributed by atoms with Gasteiger partial charge < -0.3 is 0 Å². The van der Waals surface area contributed by atoms with Crippen LogP contribution >= 0.6 is 0 Å². The van der Waals surface area contributed by atoms with Crippen LogP contribution in [0.5, 0.6) is 0 Å². The standard InChI is InChI=1S/C23H19F3/c1-16(19-5-3-2-4-6-19)13-18-9-7-17(8-10-18)11-12-21-22(25)14-20(24)15-23(21)26/h2-12,14-16H,13H2,1H3/b12-11+. The van der Waals surface area contributed by atoms with Crippen LogP contribution in [-0.4, -0.2) is 0 Å². The molecule has 132 valence electrons.